The second-order valence-corrected chi connectivity index (χ2v) is 5.33. The number of Topliss-reactive ketones (excluding diaryl/α,β-unsaturated/α-hetero) is 1. The van der Waals surface area contributed by atoms with Crippen molar-refractivity contribution in [1.29, 1.82) is 0 Å². The molecule has 2 atom stereocenters. The molecular formula is C16H28O2. The molecule has 1 aliphatic rings. The van der Waals surface area contributed by atoms with Gasteiger partial charge in [-0.15, -0.1) is 0 Å². The van der Waals surface area contributed by atoms with E-state index in [1.165, 1.54) is 24.0 Å². The molecule has 0 N–H and O–H groups in total. The molecule has 2 nitrogen and oxygen atoms in total. The van der Waals surface area contributed by atoms with Crippen molar-refractivity contribution in [3.8, 4) is 0 Å². The standard InChI is InChI=1S/C12H20O.C4H8O/c1-9(2)7-11-5-6-12(13-11)8-10(3)4;1-3-4(2)5/h7-8,11-12H,5-6H2,1-4H3;3H2,1-2H3. The molecule has 2 unspecified atom stereocenters. The Balaban J connectivity index is 0.000000494. The van der Waals surface area contributed by atoms with Gasteiger partial charge in [0.1, 0.15) is 5.78 Å². The second kappa shape index (κ2) is 9.09. The normalized spacial score (nSPS) is 21.7. The summed E-state index contributed by atoms with van der Waals surface area (Å²) in [5, 5.41) is 0. The van der Waals surface area contributed by atoms with Crippen LogP contribution in [0.15, 0.2) is 23.3 Å². The minimum atomic E-state index is 0.255. The Bertz CT molecular complexity index is 281. The number of carbonyl (C=O) groups excluding carboxylic acids is 1. The number of carbonyl (C=O) groups is 1. The molecule has 0 aromatic carbocycles. The third kappa shape index (κ3) is 9.17. The van der Waals surface area contributed by atoms with E-state index in [2.05, 4.69) is 39.8 Å². The van der Waals surface area contributed by atoms with Crippen molar-refractivity contribution in [2.45, 2.75) is 73.0 Å². The van der Waals surface area contributed by atoms with Crippen LogP contribution < -0.4 is 0 Å². The molecule has 2 heteroatoms. The lowest BCUT2D eigenvalue weighted by Crippen LogP contribution is -2.06. The molecule has 0 bridgehead atoms. The number of hydrogen-bond donors (Lipinski definition) is 0. The van der Waals surface area contributed by atoms with Gasteiger partial charge >= 0.3 is 0 Å². The fourth-order valence-electron chi connectivity index (χ4n) is 1.68. The molecule has 18 heavy (non-hydrogen) atoms. The largest absolute Gasteiger partial charge is 0.367 e. The van der Waals surface area contributed by atoms with Gasteiger partial charge in [-0.1, -0.05) is 30.2 Å². The van der Waals surface area contributed by atoms with Gasteiger partial charge in [-0.2, -0.15) is 0 Å². The van der Waals surface area contributed by atoms with E-state index >= 15 is 0 Å². The highest BCUT2D eigenvalue weighted by Gasteiger charge is 2.21. The van der Waals surface area contributed by atoms with Gasteiger partial charge in [-0.3, -0.25) is 0 Å². The number of ketones is 1. The van der Waals surface area contributed by atoms with Crippen molar-refractivity contribution in [2.24, 2.45) is 0 Å². The van der Waals surface area contributed by atoms with Crippen LogP contribution in [0.3, 0.4) is 0 Å². The minimum absolute atomic E-state index is 0.255. The fourth-order valence-corrected chi connectivity index (χ4v) is 1.68. The summed E-state index contributed by atoms with van der Waals surface area (Å²) >= 11 is 0. The first kappa shape index (κ1) is 17.1. The van der Waals surface area contributed by atoms with Gasteiger partial charge in [0, 0.05) is 6.42 Å². The molecule has 0 saturated carbocycles. The molecule has 0 aliphatic carbocycles. The Labute approximate surface area is 112 Å². The Morgan fingerprint density at radius 1 is 1.00 bits per heavy atom. The maximum atomic E-state index is 9.81. The first-order chi connectivity index (χ1) is 8.35. The van der Waals surface area contributed by atoms with Crippen LogP contribution in [-0.4, -0.2) is 18.0 Å². The van der Waals surface area contributed by atoms with Gasteiger partial charge in [0.2, 0.25) is 0 Å². The molecule has 0 radical (unpaired) electrons. The van der Waals surface area contributed by atoms with Gasteiger partial charge in [-0.05, 0) is 47.5 Å². The Morgan fingerprint density at radius 3 is 1.56 bits per heavy atom. The smallest absolute Gasteiger partial charge is 0.129 e. The third-order valence-electron chi connectivity index (χ3n) is 2.62. The van der Waals surface area contributed by atoms with Gasteiger partial charge in [0.25, 0.3) is 0 Å². The van der Waals surface area contributed by atoms with Crippen LogP contribution in [0, 0.1) is 0 Å². The summed E-state index contributed by atoms with van der Waals surface area (Å²) in [6, 6.07) is 0. The highest BCUT2D eigenvalue weighted by molar-refractivity contribution is 5.74. The summed E-state index contributed by atoms with van der Waals surface area (Å²) in [4.78, 5) is 9.81. The van der Waals surface area contributed by atoms with Crippen molar-refractivity contribution >= 4 is 5.78 Å². The zero-order valence-electron chi connectivity index (χ0n) is 12.7. The maximum Gasteiger partial charge on any atom is 0.129 e. The van der Waals surface area contributed by atoms with E-state index < -0.39 is 0 Å². The van der Waals surface area contributed by atoms with E-state index in [-0.39, 0.29) is 5.78 Å². The van der Waals surface area contributed by atoms with Crippen LogP contribution in [0.1, 0.15) is 60.8 Å². The average molecular weight is 252 g/mol. The summed E-state index contributed by atoms with van der Waals surface area (Å²) in [6.45, 7) is 11.9. The molecule has 0 amide bonds. The lowest BCUT2D eigenvalue weighted by molar-refractivity contribution is -0.116. The Kier molecular flexibility index (Phi) is 8.65. The van der Waals surface area contributed by atoms with Crippen molar-refractivity contribution in [3.63, 3.8) is 0 Å². The lowest BCUT2D eigenvalue weighted by atomic mass is 10.1. The van der Waals surface area contributed by atoms with Crippen LogP contribution >= 0.6 is 0 Å². The summed E-state index contributed by atoms with van der Waals surface area (Å²) < 4.78 is 5.83. The second-order valence-electron chi connectivity index (χ2n) is 5.33. The van der Waals surface area contributed by atoms with Crippen LogP contribution in [-0.2, 0) is 9.53 Å². The van der Waals surface area contributed by atoms with E-state index in [4.69, 9.17) is 4.74 Å². The van der Waals surface area contributed by atoms with Crippen molar-refractivity contribution < 1.29 is 9.53 Å². The monoisotopic (exact) mass is 252 g/mol. The molecule has 0 aromatic rings. The average Bonchev–Trinajstić information content (AvgIpc) is 2.64. The van der Waals surface area contributed by atoms with Crippen molar-refractivity contribution in [3.05, 3.63) is 23.3 Å². The summed E-state index contributed by atoms with van der Waals surface area (Å²) in [6.07, 6.45) is 8.15. The number of rotatable bonds is 3. The SMILES string of the molecule is CC(C)=CC1CCC(C=C(C)C)O1.CCC(C)=O. The van der Waals surface area contributed by atoms with Crippen LogP contribution in [0.5, 0.6) is 0 Å². The van der Waals surface area contributed by atoms with Crippen molar-refractivity contribution in [2.75, 3.05) is 0 Å². The fraction of sp³-hybridized carbons (Fsp3) is 0.688. The Hall–Kier alpha value is -0.890. The van der Waals surface area contributed by atoms with E-state index in [9.17, 15) is 4.79 Å². The van der Waals surface area contributed by atoms with Crippen molar-refractivity contribution in [1.82, 2.24) is 0 Å². The van der Waals surface area contributed by atoms with Crippen LogP contribution in [0.2, 0.25) is 0 Å². The van der Waals surface area contributed by atoms with Crippen LogP contribution in [0.25, 0.3) is 0 Å². The molecule has 1 rings (SSSR count). The molecule has 1 saturated heterocycles. The first-order valence-corrected chi connectivity index (χ1v) is 6.80. The highest BCUT2D eigenvalue weighted by Crippen LogP contribution is 2.23. The predicted octanol–water partition coefficient (Wildman–Crippen LogP) is 4.45. The van der Waals surface area contributed by atoms with Gasteiger partial charge < -0.3 is 9.53 Å². The summed E-state index contributed by atoms with van der Waals surface area (Å²) in [5.74, 6) is 0.255. The van der Waals surface area contributed by atoms with Gasteiger partial charge in [0.05, 0.1) is 12.2 Å². The van der Waals surface area contributed by atoms with Crippen LogP contribution in [0.4, 0.5) is 0 Å². The first-order valence-electron chi connectivity index (χ1n) is 6.80. The predicted molar refractivity (Wildman–Crippen MR) is 77.7 cm³/mol. The number of ether oxygens (including phenoxy) is 1. The molecule has 1 heterocycles. The number of allylic oxidation sites excluding steroid dienone is 2. The van der Waals surface area contributed by atoms with E-state index in [0.29, 0.717) is 18.6 Å². The zero-order chi connectivity index (χ0) is 14.1. The van der Waals surface area contributed by atoms with E-state index in [1.807, 2.05) is 6.92 Å². The molecule has 1 fully saturated rings. The quantitative estimate of drug-likeness (QED) is 0.694. The molecule has 104 valence electrons. The molecule has 0 spiro atoms. The molecular weight excluding hydrogens is 224 g/mol. The Morgan fingerprint density at radius 2 is 1.33 bits per heavy atom. The lowest BCUT2D eigenvalue weighted by Gasteiger charge is -2.07. The van der Waals surface area contributed by atoms with Gasteiger partial charge in [0.15, 0.2) is 0 Å². The van der Waals surface area contributed by atoms with E-state index in [1.54, 1.807) is 6.92 Å². The number of hydrogen-bond acceptors (Lipinski definition) is 2. The third-order valence-corrected chi connectivity index (χ3v) is 2.62. The molecule has 1 aliphatic heterocycles. The minimum Gasteiger partial charge on any atom is -0.367 e. The summed E-state index contributed by atoms with van der Waals surface area (Å²) in [5.41, 5.74) is 2.70. The molecule has 0 aromatic heterocycles. The highest BCUT2D eigenvalue weighted by atomic mass is 16.5. The van der Waals surface area contributed by atoms with E-state index in [0.717, 1.165) is 0 Å². The van der Waals surface area contributed by atoms with Gasteiger partial charge in [-0.25, -0.2) is 0 Å². The zero-order valence-corrected chi connectivity index (χ0v) is 12.7. The summed E-state index contributed by atoms with van der Waals surface area (Å²) in [7, 11) is 0. The maximum absolute atomic E-state index is 9.81. The topological polar surface area (TPSA) is 26.3 Å².